The molecular weight excluding hydrogens is 322 g/mol. The number of benzene rings is 2. The molecule has 2 aromatic carbocycles. The first kappa shape index (κ1) is 15.4. The molecule has 0 N–H and O–H groups in total. The summed E-state index contributed by atoms with van der Waals surface area (Å²) in [4.78, 5) is 9.67. The minimum Gasteiger partial charge on any atom is -0.493 e. The normalized spacial score (nSPS) is 14.2. The highest BCUT2D eigenvalue weighted by molar-refractivity contribution is 5.84. The van der Waals surface area contributed by atoms with Crippen LogP contribution in [0.15, 0.2) is 48.5 Å². The Balaban J connectivity index is 1.76. The van der Waals surface area contributed by atoms with Gasteiger partial charge in [-0.25, -0.2) is 9.97 Å². The molecular formula is C22H21N3O. The van der Waals surface area contributed by atoms with Gasteiger partial charge < -0.3 is 4.74 Å². The maximum atomic E-state index is 6.01. The molecule has 4 aromatic rings. The Morgan fingerprint density at radius 3 is 2.54 bits per heavy atom. The molecule has 0 spiro atoms. The van der Waals surface area contributed by atoms with E-state index in [1.165, 1.54) is 12.8 Å². The van der Waals surface area contributed by atoms with Crippen LogP contribution in [0.2, 0.25) is 0 Å². The van der Waals surface area contributed by atoms with Crippen molar-refractivity contribution in [3.05, 3.63) is 59.9 Å². The number of fused-ring (bicyclic) bond motifs is 3. The summed E-state index contributed by atoms with van der Waals surface area (Å²) in [6.45, 7) is 4.91. The minimum atomic E-state index is 0.734. The topological polar surface area (TPSA) is 39.4 Å². The van der Waals surface area contributed by atoms with Crippen molar-refractivity contribution in [1.29, 1.82) is 0 Å². The molecule has 1 aliphatic rings. The van der Waals surface area contributed by atoms with Crippen LogP contribution >= 0.6 is 0 Å². The maximum absolute atomic E-state index is 6.01. The highest BCUT2D eigenvalue weighted by Gasteiger charge is 2.22. The summed E-state index contributed by atoms with van der Waals surface area (Å²) in [6, 6.07) is 16.5. The van der Waals surface area contributed by atoms with Crippen LogP contribution in [0.25, 0.3) is 27.9 Å². The third kappa shape index (κ3) is 2.53. The lowest BCUT2D eigenvalue weighted by Gasteiger charge is -2.11. The molecule has 0 radical (unpaired) electrons. The van der Waals surface area contributed by atoms with Gasteiger partial charge in [0, 0.05) is 11.6 Å². The van der Waals surface area contributed by atoms with E-state index in [1.807, 2.05) is 30.3 Å². The molecule has 5 rings (SSSR count). The highest BCUT2D eigenvalue weighted by atomic mass is 16.5. The van der Waals surface area contributed by atoms with Crippen LogP contribution in [0.5, 0.6) is 5.75 Å². The molecule has 0 amide bonds. The molecule has 0 unspecified atom stereocenters. The summed E-state index contributed by atoms with van der Waals surface area (Å²) in [7, 11) is 0. The van der Waals surface area contributed by atoms with Crippen molar-refractivity contribution in [3.8, 4) is 17.1 Å². The standard InChI is InChI=1S/C22H21N3O/c1-14-21-15(2)24-22(17-6-4-3-5-7-17)25(21)20-12-18(10-11-19(20)23-14)26-13-16-8-9-16/h3-7,10-12,16H,8-9,13H2,1-2H3. The van der Waals surface area contributed by atoms with Crippen molar-refractivity contribution in [2.24, 2.45) is 5.92 Å². The summed E-state index contributed by atoms with van der Waals surface area (Å²) < 4.78 is 8.24. The van der Waals surface area contributed by atoms with Crippen LogP contribution in [0.1, 0.15) is 24.2 Å². The second kappa shape index (κ2) is 5.84. The van der Waals surface area contributed by atoms with Crippen LogP contribution in [0.3, 0.4) is 0 Å². The Morgan fingerprint density at radius 2 is 1.77 bits per heavy atom. The molecule has 0 bridgehead atoms. The van der Waals surface area contributed by atoms with Crippen LogP contribution in [0.4, 0.5) is 0 Å². The fraction of sp³-hybridized carbons (Fsp3) is 0.273. The van der Waals surface area contributed by atoms with E-state index in [1.54, 1.807) is 0 Å². The average molecular weight is 343 g/mol. The van der Waals surface area contributed by atoms with E-state index >= 15 is 0 Å². The monoisotopic (exact) mass is 343 g/mol. The van der Waals surface area contributed by atoms with E-state index in [2.05, 4.69) is 36.4 Å². The number of imidazole rings is 1. The van der Waals surface area contributed by atoms with Gasteiger partial charge in [0.1, 0.15) is 11.6 Å². The molecule has 0 saturated heterocycles. The number of ether oxygens (including phenoxy) is 1. The van der Waals surface area contributed by atoms with Gasteiger partial charge in [0.15, 0.2) is 0 Å². The fourth-order valence-corrected chi connectivity index (χ4v) is 3.57. The van der Waals surface area contributed by atoms with E-state index in [0.717, 1.165) is 57.6 Å². The van der Waals surface area contributed by atoms with E-state index in [-0.39, 0.29) is 0 Å². The third-order valence-corrected chi connectivity index (χ3v) is 5.08. The van der Waals surface area contributed by atoms with Crippen LogP contribution in [0, 0.1) is 19.8 Å². The zero-order valence-electron chi connectivity index (χ0n) is 15.1. The molecule has 2 heterocycles. The molecule has 4 heteroatoms. The lowest BCUT2D eigenvalue weighted by atomic mass is 10.2. The quantitative estimate of drug-likeness (QED) is 0.526. The first-order chi connectivity index (χ1) is 12.7. The van der Waals surface area contributed by atoms with Gasteiger partial charge in [0.25, 0.3) is 0 Å². The van der Waals surface area contributed by atoms with E-state index < -0.39 is 0 Å². The SMILES string of the molecule is Cc1nc(-c2ccccc2)n2c1c(C)nc1ccc(OCC3CC3)cc12. The predicted octanol–water partition coefficient (Wildman–Crippen LogP) is 4.96. The van der Waals surface area contributed by atoms with Gasteiger partial charge in [-0.1, -0.05) is 30.3 Å². The largest absolute Gasteiger partial charge is 0.493 e. The zero-order valence-corrected chi connectivity index (χ0v) is 15.1. The predicted molar refractivity (Wildman–Crippen MR) is 104 cm³/mol. The Morgan fingerprint density at radius 1 is 1.00 bits per heavy atom. The molecule has 1 saturated carbocycles. The third-order valence-electron chi connectivity index (χ3n) is 5.08. The van der Waals surface area contributed by atoms with Crippen molar-refractivity contribution < 1.29 is 4.74 Å². The van der Waals surface area contributed by atoms with Gasteiger partial charge in [-0.3, -0.25) is 4.40 Å². The van der Waals surface area contributed by atoms with Crippen LogP contribution in [-0.2, 0) is 0 Å². The first-order valence-electron chi connectivity index (χ1n) is 9.18. The number of aromatic nitrogens is 3. The number of aryl methyl sites for hydroxylation is 2. The van der Waals surface area contributed by atoms with Crippen LogP contribution < -0.4 is 4.74 Å². The summed E-state index contributed by atoms with van der Waals surface area (Å²) in [6.07, 6.45) is 2.58. The van der Waals surface area contributed by atoms with Gasteiger partial charge in [-0.2, -0.15) is 0 Å². The Bertz CT molecular complexity index is 1110. The van der Waals surface area contributed by atoms with Gasteiger partial charge in [0.05, 0.1) is 34.5 Å². The molecule has 1 aliphatic carbocycles. The van der Waals surface area contributed by atoms with Crippen molar-refractivity contribution in [2.45, 2.75) is 26.7 Å². The summed E-state index contributed by atoms with van der Waals surface area (Å²) in [5, 5.41) is 0. The van der Waals surface area contributed by atoms with E-state index in [9.17, 15) is 0 Å². The fourth-order valence-electron chi connectivity index (χ4n) is 3.57. The molecule has 2 aromatic heterocycles. The highest BCUT2D eigenvalue weighted by Crippen LogP contribution is 2.32. The Kier molecular flexibility index (Phi) is 3.45. The lowest BCUT2D eigenvalue weighted by Crippen LogP contribution is -2.01. The average Bonchev–Trinajstić information content (AvgIpc) is 3.42. The van der Waals surface area contributed by atoms with Crippen LogP contribution in [-0.4, -0.2) is 21.0 Å². The minimum absolute atomic E-state index is 0.734. The first-order valence-corrected chi connectivity index (χ1v) is 9.18. The number of hydrogen-bond acceptors (Lipinski definition) is 3. The molecule has 0 atom stereocenters. The zero-order chi connectivity index (χ0) is 17.7. The number of nitrogens with zero attached hydrogens (tertiary/aromatic N) is 3. The number of rotatable bonds is 4. The van der Waals surface area contributed by atoms with Gasteiger partial charge in [-0.15, -0.1) is 0 Å². The molecule has 130 valence electrons. The summed E-state index contributed by atoms with van der Waals surface area (Å²) in [5.41, 5.74) is 6.18. The molecule has 4 nitrogen and oxygen atoms in total. The second-order valence-corrected chi connectivity index (χ2v) is 7.17. The molecule has 26 heavy (non-hydrogen) atoms. The molecule has 1 fully saturated rings. The summed E-state index contributed by atoms with van der Waals surface area (Å²) >= 11 is 0. The van der Waals surface area contributed by atoms with E-state index in [0.29, 0.717) is 0 Å². The van der Waals surface area contributed by atoms with Crippen molar-refractivity contribution in [3.63, 3.8) is 0 Å². The van der Waals surface area contributed by atoms with Crippen molar-refractivity contribution in [1.82, 2.24) is 14.4 Å². The lowest BCUT2D eigenvalue weighted by molar-refractivity contribution is 0.300. The van der Waals surface area contributed by atoms with Crippen molar-refractivity contribution in [2.75, 3.05) is 6.61 Å². The summed E-state index contributed by atoms with van der Waals surface area (Å²) in [5.74, 6) is 2.59. The number of hydrogen-bond donors (Lipinski definition) is 0. The van der Waals surface area contributed by atoms with Crippen molar-refractivity contribution >= 4 is 16.6 Å². The smallest absolute Gasteiger partial charge is 0.145 e. The van der Waals surface area contributed by atoms with E-state index in [4.69, 9.17) is 14.7 Å². The van der Waals surface area contributed by atoms with Gasteiger partial charge >= 0.3 is 0 Å². The Labute approximate surface area is 152 Å². The van der Waals surface area contributed by atoms with Gasteiger partial charge in [-0.05, 0) is 44.7 Å². The second-order valence-electron chi connectivity index (χ2n) is 7.17. The maximum Gasteiger partial charge on any atom is 0.145 e. The Hall–Kier alpha value is -2.88. The molecule has 0 aliphatic heterocycles. The van der Waals surface area contributed by atoms with Gasteiger partial charge in [0.2, 0.25) is 0 Å².